The van der Waals surface area contributed by atoms with Gasteiger partial charge in [0.15, 0.2) is 0 Å². The van der Waals surface area contributed by atoms with Crippen molar-refractivity contribution < 1.29 is 0 Å². The largest absolute Gasteiger partial charge is 0.324 e. The van der Waals surface area contributed by atoms with Crippen molar-refractivity contribution in [3.63, 3.8) is 0 Å². The molecular formula is C9H22N2. The van der Waals surface area contributed by atoms with Crippen LogP contribution in [0.5, 0.6) is 0 Å². The van der Waals surface area contributed by atoms with E-state index in [-0.39, 0.29) is 5.54 Å². The number of hydrogen-bond donors (Lipinski definition) is 1. The zero-order chi connectivity index (χ0) is 9.07. The van der Waals surface area contributed by atoms with Crippen LogP contribution in [0.4, 0.5) is 0 Å². The normalized spacial score (nSPS) is 17.5. The van der Waals surface area contributed by atoms with Crippen LogP contribution in [-0.4, -0.2) is 30.1 Å². The van der Waals surface area contributed by atoms with Crippen molar-refractivity contribution in [3.05, 3.63) is 0 Å². The Bertz CT molecular complexity index is 108. The van der Waals surface area contributed by atoms with Gasteiger partial charge in [0.1, 0.15) is 0 Å². The topological polar surface area (TPSA) is 29.3 Å². The van der Waals surface area contributed by atoms with Crippen LogP contribution in [0.3, 0.4) is 0 Å². The summed E-state index contributed by atoms with van der Waals surface area (Å²) in [4.78, 5) is 2.28. The molecule has 0 aromatic carbocycles. The Morgan fingerprint density at radius 1 is 1.45 bits per heavy atom. The van der Waals surface area contributed by atoms with E-state index in [2.05, 4.69) is 39.6 Å². The van der Waals surface area contributed by atoms with Crippen LogP contribution in [0, 0.1) is 0 Å². The molecule has 0 fully saturated rings. The lowest BCUT2D eigenvalue weighted by atomic mass is 9.99. The molecule has 0 rings (SSSR count). The molecule has 0 aliphatic heterocycles. The van der Waals surface area contributed by atoms with Crippen molar-refractivity contribution in [2.75, 3.05) is 13.6 Å². The van der Waals surface area contributed by atoms with Crippen LogP contribution in [-0.2, 0) is 0 Å². The fraction of sp³-hybridized carbons (Fsp3) is 1.00. The van der Waals surface area contributed by atoms with E-state index in [9.17, 15) is 0 Å². The third-order valence-corrected chi connectivity index (χ3v) is 2.30. The lowest BCUT2D eigenvalue weighted by Crippen LogP contribution is -2.47. The highest BCUT2D eigenvalue weighted by molar-refractivity contribution is 4.80. The molecule has 0 radical (unpaired) electrons. The molecule has 0 saturated heterocycles. The Labute approximate surface area is 70.8 Å². The monoisotopic (exact) mass is 158 g/mol. The van der Waals surface area contributed by atoms with E-state index in [4.69, 9.17) is 5.73 Å². The maximum atomic E-state index is 6.01. The summed E-state index contributed by atoms with van der Waals surface area (Å²) in [5, 5.41) is 0. The van der Waals surface area contributed by atoms with Gasteiger partial charge in [-0.1, -0.05) is 6.92 Å². The van der Waals surface area contributed by atoms with Crippen molar-refractivity contribution in [2.24, 2.45) is 5.73 Å². The Kier molecular flexibility index (Phi) is 4.04. The van der Waals surface area contributed by atoms with Crippen LogP contribution in [0.15, 0.2) is 0 Å². The van der Waals surface area contributed by atoms with Crippen LogP contribution in [0.1, 0.15) is 34.1 Å². The minimum atomic E-state index is -0.0287. The summed E-state index contributed by atoms with van der Waals surface area (Å²) in [6.45, 7) is 9.58. The second-order valence-electron chi connectivity index (χ2n) is 4.02. The molecule has 0 amide bonds. The second kappa shape index (κ2) is 4.07. The molecule has 11 heavy (non-hydrogen) atoms. The van der Waals surface area contributed by atoms with E-state index in [1.165, 1.54) is 0 Å². The van der Waals surface area contributed by atoms with Gasteiger partial charge < -0.3 is 10.6 Å². The van der Waals surface area contributed by atoms with Gasteiger partial charge in [-0.25, -0.2) is 0 Å². The number of likely N-dealkylation sites (N-methyl/N-ethyl adjacent to an activating group) is 1. The average Bonchev–Trinajstić information content (AvgIpc) is 1.87. The van der Waals surface area contributed by atoms with E-state index in [0.29, 0.717) is 6.04 Å². The summed E-state index contributed by atoms with van der Waals surface area (Å²) in [7, 11) is 2.12. The summed E-state index contributed by atoms with van der Waals surface area (Å²) in [5.41, 5.74) is 5.98. The second-order valence-corrected chi connectivity index (χ2v) is 4.02. The molecule has 0 aromatic rings. The van der Waals surface area contributed by atoms with Gasteiger partial charge in [0.2, 0.25) is 0 Å². The van der Waals surface area contributed by atoms with E-state index in [1.807, 2.05) is 0 Å². The number of hydrogen-bond acceptors (Lipinski definition) is 2. The van der Waals surface area contributed by atoms with Gasteiger partial charge in [0.25, 0.3) is 0 Å². The van der Waals surface area contributed by atoms with E-state index in [0.717, 1.165) is 13.0 Å². The average molecular weight is 158 g/mol. The quantitative estimate of drug-likeness (QED) is 0.671. The van der Waals surface area contributed by atoms with Gasteiger partial charge in [-0.05, 0) is 34.2 Å². The first kappa shape index (κ1) is 10.9. The summed E-state index contributed by atoms with van der Waals surface area (Å²) in [5.74, 6) is 0. The maximum Gasteiger partial charge on any atom is 0.0252 e. The zero-order valence-electron chi connectivity index (χ0n) is 8.52. The molecule has 1 unspecified atom stereocenters. The Morgan fingerprint density at radius 3 is 2.18 bits per heavy atom. The summed E-state index contributed by atoms with van der Waals surface area (Å²) < 4.78 is 0. The van der Waals surface area contributed by atoms with Gasteiger partial charge in [-0.2, -0.15) is 0 Å². The summed E-state index contributed by atoms with van der Waals surface area (Å²) in [6.07, 6.45) is 1.03. The predicted octanol–water partition coefficient (Wildman–Crippen LogP) is 1.45. The molecular weight excluding hydrogens is 136 g/mol. The number of nitrogens with zero attached hydrogens (tertiary/aromatic N) is 1. The first-order valence-electron chi connectivity index (χ1n) is 4.38. The Hall–Kier alpha value is -0.0800. The highest BCUT2D eigenvalue weighted by Crippen LogP contribution is 2.07. The van der Waals surface area contributed by atoms with Crippen LogP contribution >= 0.6 is 0 Å². The lowest BCUT2D eigenvalue weighted by Gasteiger charge is -2.31. The smallest absolute Gasteiger partial charge is 0.0252 e. The molecule has 0 aromatic heterocycles. The third kappa shape index (κ3) is 4.38. The van der Waals surface area contributed by atoms with Gasteiger partial charge >= 0.3 is 0 Å². The molecule has 0 bridgehead atoms. The van der Waals surface area contributed by atoms with Crippen LogP contribution in [0.2, 0.25) is 0 Å². The van der Waals surface area contributed by atoms with Crippen molar-refractivity contribution in [1.29, 1.82) is 0 Å². The molecule has 0 aliphatic rings. The molecule has 0 saturated carbocycles. The van der Waals surface area contributed by atoms with Gasteiger partial charge in [-0.3, -0.25) is 0 Å². The minimum Gasteiger partial charge on any atom is -0.324 e. The molecule has 68 valence electrons. The number of nitrogens with two attached hydrogens (primary N) is 1. The fourth-order valence-corrected chi connectivity index (χ4v) is 0.864. The van der Waals surface area contributed by atoms with Crippen molar-refractivity contribution in [2.45, 2.75) is 45.7 Å². The van der Waals surface area contributed by atoms with Crippen LogP contribution in [0.25, 0.3) is 0 Å². The van der Waals surface area contributed by atoms with E-state index in [1.54, 1.807) is 0 Å². The zero-order valence-corrected chi connectivity index (χ0v) is 8.52. The van der Waals surface area contributed by atoms with Gasteiger partial charge in [-0.15, -0.1) is 0 Å². The van der Waals surface area contributed by atoms with Gasteiger partial charge in [0.05, 0.1) is 0 Å². The molecule has 2 nitrogen and oxygen atoms in total. The molecule has 1 atom stereocenters. The van der Waals surface area contributed by atoms with E-state index >= 15 is 0 Å². The number of rotatable bonds is 4. The van der Waals surface area contributed by atoms with Crippen LogP contribution < -0.4 is 5.73 Å². The SMILES string of the molecule is CCC(C)(N)CN(C)C(C)C. The van der Waals surface area contributed by atoms with E-state index < -0.39 is 0 Å². The van der Waals surface area contributed by atoms with Crippen molar-refractivity contribution in [3.8, 4) is 0 Å². The Morgan fingerprint density at radius 2 is 1.91 bits per heavy atom. The third-order valence-electron chi connectivity index (χ3n) is 2.30. The molecule has 0 heterocycles. The van der Waals surface area contributed by atoms with Crippen molar-refractivity contribution in [1.82, 2.24) is 4.90 Å². The highest BCUT2D eigenvalue weighted by atomic mass is 15.1. The molecule has 2 N–H and O–H groups in total. The Balaban J connectivity index is 3.83. The van der Waals surface area contributed by atoms with Gasteiger partial charge in [0, 0.05) is 18.1 Å². The van der Waals surface area contributed by atoms with Crippen molar-refractivity contribution >= 4 is 0 Å². The standard InChI is InChI=1S/C9H22N2/c1-6-9(4,10)7-11(5)8(2)3/h8H,6-7,10H2,1-5H3. The molecule has 2 heteroatoms. The molecule has 0 aliphatic carbocycles. The summed E-state index contributed by atoms with van der Waals surface area (Å²) >= 11 is 0. The molecule has 0 spiro atoms. The first-order chi connectivity index (χ1) is 4.89. The fourth-order valence-electron chi connectivity index (χ4n) is 0.864. The minimum absolute atomic E-state index is 0.0287. The first-order valence-corrected chi connectivity index (χ1v) is 4.38. The lowest BCUT2D eigenvalue weighted by molar-refractivity contribution is 0.213. The highest BCUT2D eigenvalue weighted by Gasteiger charge is 2.18. The predicted molar refractivity (Wildman–Crippen MR) is 50.6 cm³/mol. The summed E-state index contributed by atoms with van der Waals surface area (Å²) in [6, 6.07) is 0.587. The maximum absolute atomic E-state index is 6.01.